The molecule has 72 valence electrons. The number of benzene rings is 1. The monoisotopic (exact) mass is 200 g/mol. The molecule has 4 nitrogen and oxygen atoms in total. The number of nitrogen functional groups attached to an aromatic ring is 1. The largest absolute Gasteiger partial charge is 0.397 e. The maximum absolute atomic E-state index is 11.2. The van der Waals surface area contributed by atoms with Crippen molar-refractivity contribution in [2.45, 2.75) is 6.92 Å². The van der Waals surface area contributed by atoms with Crippen molar-refractivity contribution in [3.05, 3.63) is 24.3 Å². The summed E-state index contributed by atoms with van der Waals surface area (Å²) in [6.07, 6.45) is 0. The van der Waals surface area contributed by atoms with Crippen molar-refractivity contribution in [2.24, 2.45) is 0 Å². The van der Waals surface area contributed by atoms with E-state index in [1.165, 1.54) is 0 Å². The maximum atomic E-state index is 11.2. The van der Waals surface area contributed by atoms with E-state index in [-0.39, 0.29) is 5.75 Å². The van der Waals surface area contributed by atoms with E-state index in [0.29, 0.717) is 11.4 Å². The summed E-state index contributed by atoms with van der Waals surface area (Å²) in [6, 6.07) is 6.75. The van der Waals surface area contributed by atoms with Gasteiger partial charge in [-0.05, 0) is 19.1 Å². The maximum Gasteiger partial charge on any atom is 0.232 e. The Hall–Kier alpha value is -1.23. The standard InChI is InChI=1S/C8H12N2O2S/c1-2-13(11,12)10-8-6-4-3-5-7(8)9/h3-6,10H,2,9H2,1H3. The summed E-state index contributed by atoms with van der Waals surface area (Å²) in [5, 5.41) is 0. The van der Waals surface area contributed by atoms with Crippen LogP contribution in [0.1, 0.15) is 6.92 Å². The highest BCUT2D eigenvalue weighted by atomic mass is 32.2. The van der Waals surface area contributed by atoms with Crippen LogP contribution in [0.15, 0.2) is 24.3 Å². The summed E-state index contributed by atoms with van der Waals surface area (Å²) in [4.78, 5) is 0. The van der Waals surface area contributed by atoms with E-state index in [9.17, 15) is 8.42 Å². The third-order valence-electron chi connectivity index (χ3n) is 1.61. The van der Waals surface area contributed by atoms with Crippen LogP contribution in [0.3, 0.4) is 0 Å². The van der Waals surface area contributed by atoms with Gasteiger partial charge in [-0.15, -0.1) is 0 Å². The third kappa shape index (κ3) is 2.62. The second-order valence-electron chi connectivity index (χ2n) is 2.59. The molecule has 0 saturated heterocycles. The minimum absolute atomic E-state index is 0.0430. The molecule has 0 atom stereocenters. The summed E-state index contributed by atoms with van der Waals surface area (Å²) >= 11 is 0. The zero-order valence-electron chi connectivity index (χ0n) is 7.32. The smallest absolute Gasteiger partial charge is 0.232 e. The van der Waals surface area contributed by atoms with Crippen LogP contribution in [0.5, 0.6) is 0 Å². The highest BCUT2D eigenvalue weighted by molar-refractivity contribution is 7.92. The van der Waals surface area contributed by atoms with Crippen LogP contribution in [-0.2, 0) is 10.0 Å². The quantitative estimate of drug-likeness (QED) is 0.716. The fraction of sp³-hybridized carbons (Fsp3) is 0.250. The number of para-hydroxylation sites is 2. The molecule has 0 unspecified atom stereocenters. The van der Waals surface area contributed by atoms with E-state index >= 15 is 0 Å². The lowest BCUT2D eigenvalue weighted by atomic mass is 10.3. The number of hydrogen-bond acceptors (Lipinski definition) is 3. The molecule has 0 bridgehead atoms. The zero-order chi connectivity index (χ0) is 9.90. The highest BCUT2D eigenvalue weighted by Gasteiger charge is 2.07. The molecule has 0 amide bonds. The first-order valence-electron chi connectivity index (χ1n) is 3.90. The van der Waals surface area contributed by atoms with Crippen molar-refractivity contribution >= 4 is 21.4 Å². The number of hydrogen-bond donors (Lipinski definition) is 2. The molecular formula is C8H12N2O2S. The zero-order valence-corrected chi connectivity index (χ0v) is 8.14. The van der Waals surface area contributed by atoms with E-state index in [4.69, 9.17) is 5.73 Å². The van der Waals surface area contributed by atoms with E-state index < -0.39 is 10.0 Å². The van der Waals surface area contributed by atoms with Gasteiger partial charge < -0.3 is 5.73 Å². The number of sulfonamides is 1. The van der Waals surface area contributed by atoms with Gasteiger partial charge in [-0.25, -0.2) is 8.42 Å². The van der Waals surface area contributed by atoms with Crippen LogP contribution in [0.2, 0.25) is 0 Å². The molecule has 0 aliphatic rings. The normalized spacial score (nSPS) is 11.2. The Morgan fingerprint density at radius 1 is 1.38 bits per heavy atom. The minimum atomic E-state index is -3.23. The molecule has 0 spiro atoms. The lowest BCUT2D eigenvalue weighted by Gasteiger charge is -2.07. The molecule has 0 fully saturated rings. The van der Waals surface area contributed by atoms with E-state index in [1.807, 2.05) is 0 Å². The van der Waals surface area contributed by atoms with Crippen LogP contribution < -0.4 is 10.5 Å². The van der Waals surface area contributed by atoms with Crippen molar-refractivity contribution in [3.63, 3.8) is 0 Å². The minimum Gasteiger partial charge on any atom is -0.397 e. The molecule has 1 rings (SSSR count). The summed E-state index contributed by atoms with van der Waals surface area (Å²) in [5.41, 5.74) is 6.42. The first-order chi connectivity index (χ1) is 6.05. The van der Waals surface area contributed by atoms with E-state index in [1.54, 1.807) is 31.2 Å². The Bertz CT molecular complexity index is 387. The van der Waals surface area contributed by atoms with Crippen LogP contribution in [0.4, 0.5) is 11.4 Å². The first-order valence-corrected chi connectivity index (χ1v) is 5.55. The van der Waals surface area contributed by atoms with Gasteiger partial charge in [0.2, 0.25) is 10.0 Å². The van der Waals surface area contributed by atoms with Gasteiger partial charge in [0.15, 0.2) is 0 Å². The predicted molar refractivity (Wildman–Crippen MR) is 53.9 cm³/mol. The van der Waals surface area contributed by atoms with Gasteiger partial charge in [0.1, 0.15) is 0 Å². The van der Waals surface area contributed by atoms with Crippen molar-refractivity contribution in [3.8, 4) is 0 Å². The highest BCUT2D eigenvalue weighted by Crippen LogP contribution is 2.17. The number of anilines is 2. The first kappa shape index (κ1) is 9.85. The van der Waals surface area contributed by atoms with Crippen molar-refractivity contribution in [1.29, 1.82) is 0 Å². The van der Waals surface area contributed by atoms with Crippen LogP contribution in [-0.4, -0.2) is 14.2 Å². The summed E-state index contributed by atoms with van der Waals surface area (Å²) < 4.78 is 24.7. The lowest BCUT2D eigenvalue weighted by molar-refractivity contribution is 0.602. The second kappa shape index (κ2) is 3.66. The predicted octanol–water partition coefficient (Wildman–Crippen LogP) is 1.03. The fourth-order valence-corrected chi connectivity index (χ4v) is 1.49. The molecule has 0 aromatic heterocycles. The third-order valence-corrected chi connectivity index (χ3v) is 2.90. The van der Waals surface area contributed by atoms with Gasteiger partial charge in [0.05, 0.1) is 17.1 Å². The van der Waals surface area contributed by atoms with Gasteiger partial charge in [0.25, 0.3) is 0 Å². The molecule has 0 radical (unpaired) electrons. The molecule has 0 heterocycles. The van der Waals surface area contributed by atoms with Gasteiger partial charge in [-0.1, -0.05) is 12.1 Å². The Morgan fingerprint density at radius 3 is 2.54 bits per heavy atom. The van der Waals surface area contributed by atoms with Gasteiger partial charge in [0, 0.05) is 0 Å². The molecule has 1 aromatic carbocycles. The van der Waals surface area contributed by atoms with Crippen LogP contribution in [0.25, 0.3) is 0 Å². The van der Waals surface area contributed by atoms with Crippen LogP contribution in [0, 0.1) is 0 Å². The molecule has 13 heavy (non-hydrogen) atoms. The lowest BCUT2D eigenvalue weighted by Crippen LogP contribution is -2.15. The molecule has 3 N–H and O–H groups in total. The average molecular weight is 200 g/mol. The van der Waals surface area contributed by atoms with Crippen molar-refractivity contribution < 1.29 is 8.42 Å². The Labute approximate surface area is 77.8 Å². The van der Waals surface area contributed by atoms with Gasteiger partial charge >= 0.3 is 0 Å². The molecule has 1 aromatic rings. The summed E-state index contributed by atoms with van der Waals surface area (Å²) in [5.74, 6) is 0.0430. The Morgan fingerprint density at radius 2 is 2.00 bits per heavy atom. The Kier molecular flexibility index (Phi) is 2.77. The number of rotatable bonds is 3. The number of nitrogens with one attached hydrogen (secondary N) is 1. The van der Waals surface area contributed by atoms with Crippen LogP contribution >= 0.6 is 0 Å². The summed E-state index contributed by atoms with van der Waals surface area (Å²) in [6.45, 7) is 1.57. The molecule has 0 aliphatic carbocycles. The topological polar surface area (TPSA) is 72.2 Å². The molecule has 0 aliphatic heterocycles. The van der Waals surface area contributed by atoms with Crippen molar-refractivity contribution in [2.75, 3.05) is 16.2 Å². The molecular weight excluding hydrogens is 188 g/mol. The van der Waals surface area contributed by atoms with Gasteiger partial charge in [-0.3, -0.25) is 4.72 Å². The average Bonchev–Trinajstić information content (AvgIpc) is 2.09. The SMILES string of the molecule is CCS(=O)(=O)Nc1ccccc1N. The number of nitrogens with two attached hydrogens (primary N) is 1. The van der Waals surface area contributed by atoms with E-state index in [2.05, 4.69) is 4.72 Å². The van der Waals surface area contributed by atoms with Crippen molar-refractivity contribution in [1.82, 2.24) is 0 Å². The van der Waals surface area contributed by atoms with E-state index in [0.717, 1.165) is 0 Å². The van der Waals surface area contributed by atoms with Gasteiger partial charge in [-0.2, -0.15) is 0 Å². The Balaban J connectivity index is 2.93. The molecule has 0 saturated carbocycles. The summed E-state index contributed by atoms with van der Waals surface area (Å²) in [7, 11) is -3.23. The fourth-order valence-electron chi connectivity index (χ4n) is 0.830. The second-order valence-corrected chi connectivity index (χ2v) is 4.60. The molecule has 5 heteroatoms.